The molecule has 62 valence electrons. The Balaban J connectivity index is 2.70. The molecular weight excluding hydrogens is 151 g/mol. The zero-order valence-corrected chi connectivity index (χ0v) is 7.00. The molecule has 0 saturated heterocycles. The van der Waals surface area contributed by atoms with Crippen molar-refractivity contribution in [3.05, 3.63) is 53.9 Å². The van der Waals surface area contributed by atoms with Crippen LogP contribution in [0, 0.1) is 5.82 Å². The van der Waals surface area contributed by atoms with E-state index >= 15 is 0 Å². The van der Waals surface area contributed by atoms with Gasteiger partial charge in [0.25, 0.3) is 0 Å². The Hall–Kier alpha value is -1.37. The van der Waals surface area contributed by atoms with Gasteiger partial charge in [-0.1, -0.05) is 36.4 Å². The van der Waals surface area contributed by atoms with Crippen molar-refractivity contribution in [2.75, 3.05) is 0 Å². The molecule has 0 radical (unpaired) electrons. The second kappa shape index (κ2) is 4.50. The quantitative estimate of drug-likeness (QED) is 0.584. The predicted molar refractivity (Wildman–Crippen MR) is 50.2 cm³/mol. The molecule has 12 heavy (non-hydrogen) atoms. The van der Waals surface area contributed by atoms with Gasteiger partial charge in [-0.15, -0.1) is 0 Å². The molecule has 1 aromatic rings. The van der Waals surface area contributed by atoms with E-state index < -0.39 is 0 Å². The first-order valence-corrected chi connectivity index (χ1v) is 3.88. The highest BCUT2D eigenvalue weighted by Gasteiger charge is 1.86. The van der Waals surface area contributed by atoms with Gasteiger partial charge in [0.05, 0.1) is 0 Å². The van der Waals surface area contributed by atoms with Crippen LogP contribution in [0.15, 0.2) is 42.5 Å². The first kappa shape index (κ1) is 8.72. The van der Waals surface area contributed by atoms with Gasteiger partial charge in [-0.3, -0.25) is 0 Å². The normalized spacial score (nSPS) is 11.5. The molecule has 0 aliphatic heterocycles. The minimum absolute atomic E-state index is 0.196. The van der Waals surface area contributed by atoms with Crippen LogP contribution in [-0.2, 0) is 0 Å². The van der Waals surface area contributed by atoms with E-state index in [1.165, 1.54) is 12.1 Å². The minimum Gasteiger partial charge on any atom is -0.207 e. The number of benzene rings is 1. The van der Waals surface area contributed by atoms with Crippen molar-refractivity contribution in [2.24, 2.45) is 0 Å². The van der Waals surface area contributed by atoms with E-state index in [-0.39, 0.29) is 5.82 Å². The van der Waals surface area contributed by atoms with Crippen LogP contribution in [0.2, 0.25) is 0 Å². The maximum absolute atomic E-state index is 12.4. The third kappa shape index (κ3) is 2.70. The van der Waals surface area contributed by atoms with E-state index in [4.69, 9.17) is 0 Å². The Morgan fingerprint density at radius 2 is 1.75 bits per heavy atom. The maximum atomic E-state index is 12.4. The maximum Gasteiger partial charge on any atom is 0.123 e. The van der Waals surface area contributed by atoms with Gasteiger partial charge < -0.3 is 0 Å². The molecule has 0 aliphatic rings. The number of rotatable bonds is 2. The highest BCUT2D eigenvalue weighted by molar-refractivity contribution is 5.50. The summed E-state index contributed by atoms with van der Waals surface area (Å²) in [6.07, 6.45) is 7.73. The van der Waals surface area contributed by atoms with E-state index in [1.54, 1.807) is 12.1 Å². The van der Waals surface area contributed by atoms with E-state index in [1.807, 2.05) is 31.2 Å². The molecule has 0 nitrogen and oxygen atoms in total. The first-order chi connectivity index (χ1) is 5.83. The van der Waals surface area contributed by atoms with Gasteiger partial charge in [-0.05, 0) is 24.6 Å². The molecule has 0 aliphatic carbocycles. The number of hydrogen-bond donors (Lipinski definition) is 0. The van der Waals surface area contributed by atoms with Crippen LogP contribution in [0.1, 0.15) is 12.5 Å². The number of halogens is 1. The van der Waals surface area contributed by atoms with Gasteiger partial charge in [-0.25, -0.2) is 4.39 Å². The van der Waals surface area contributed by atoms with Gasteiger partial charge in [0.15, 0.2) is 0 Å². The van der Waals surface area contributed by atoms with E-state index in [9.17, 15) is 4.39 Å². The van der Waals surface area contributed by atoms with Crippen molar-refractivity contribution >= 4 is 6.08 Å². The summed E-state index contributed by atoms with van der Waals surface area (Å²) in [5.41, 5.74) is 1.01. The van der Waals surface area contributed by atoms with Crippen molar-refractivity contribution in [1.82, 2.24) is 0 Å². The molecule has 0 atom stereocenters. The molecule has 0 saturated carbocycles. The summed E-state index contributed by atoms with van der Waals surface area (Å²) < 4.78 is 12.4. The van der Waals surface area contributed by atoms with Gasteiger partial charge in [-0.2, -0.15) is 0 Å². The lowest BCUT2D eigenvalue weighted by Crippen LogP contribution is -1.73. The number of hydrogen-bond acceptors (Lipinski definition) is 0. The van der Waals surface area contributed by atoms with Crippen LogP contribution < -0.4 is 0 Å². The zero-order valence-electron chi connectivity index (χ0n) is 7.00. The molecule has 1 rings (SSSR count). The Labute approximate surface area is 72.0 Å². The third-order valence-corrected chi connectivity index (χ3v) is 1.46. The van der Waals surface area contributed by atoms with Crippen LogP contribution in [0.25, 0.3) is 6.08 Å². The van der Waals surface area contributed by atoms with Crippen LogP contribution in [-0.4, -0.2) is 0 Å². The average molecular weight is 162 g/mol. The smallest absolute Gasteiger partial charge is 0.123 e. The summed E-state index contributed by atoms with van der Waals surface area (Å²) in [6.45, 7) is 1.95. The van der Waals surface area contributed by atoms with Crippen molar-refractivity contribution in [2.45, 2.75) is 6.92 Å². The van der Waals surface area contributed by atoms with E-state index in [0.717, 1.165) is 5.56 Å². The molecule has 1 heteroatoms. The first-order valence-electron chi connectivity index (χ1n) is 3.88. The van der Waals surface area contributed by atoms with Crippen molar-refractivity contribution in [3.8, 4) is 0 Å². The van der Waals surface area contributed by atoms with Crippen LogP contribution in [0.5, 0.6) is 0 Å². The summed E-state index contributed by atoms with van der Waals surface area (Å²) in [5.74, 6) is -0.196. The standard InChI is InChI=1S/C11H11F/c1-2-3-4-5-10-6-8-11(12)9-7-10/h2-9H,1H3. The molecular formula is C11H11F. The summed E-state index contributed by atoms with van der Waals surface area (Å²) >= 11 is 0. The van der Waals surface area contributed by atoms with Gasteiger partial charge in [0, 0.05) is 0 Å². The molecule has 0 aromatic heterocycles. The molecule has 0 unspecified atom stereocenters. The molecule has 0 fully saturated rings. The third-order valence-electron chi connectivity index (χ3n) is 1.46. The Morgan fingerprint density at radius 1 is 1.08 bits per heavy atom. The van der Waals surface area contributed by atoms with Crippen LogP contribution in [0.4, 0.5) is 4.39 Å². The topological polar surface area (TPSA) is 0 Å². The molecule has 1 aromatic carbocycles. The fourth-order valence-electron chi connectivity index (χ4n) is 0.852. The zero-order chi connectivity index (χ0) is 8.81. The highest BCUT2D eigenvalue weighted by atomic mass is 19.1. The summed E-state index contributed by atoms with van der Waals surface area (Å²) in [5, 5.41) is 0. The largest absolute Gasteiger partial charge is 0.207 e. The Morgan fingerprint density at radius 3 is 2.33 bits per heavy atom. The van der Waals surface area contributed by atoms with Gasteiger partial charge in [0.1, 0.15) is 5.82 Å². The van der Waals surface area contributed by atoms with Gasteiger partial charge in [0.2, 0.25) is 0 Å². The van der Waals surface area contributed by atoms with E-state index in [0.29, 0.717) is 0 Å². The SMILES string of the molecule is CC=CC=Cc1ccc(F)cc1. The second-order valence-corrected chi connectivity index (χ2v) is 2.44. The molecule has 0 heterocycles. The fraction of sp³-hybridized carbons (Fsp3) is 0.0909. The van der Waals surface area contributed by atoms with Gasteiger partial charge >= 0.3 is 0 Å². The average Bonchev–Trinajstić information content (AvgIpc) is 2.09. The van der Waals surface area contributed by atoms with Crippen LogP contribution >= 0.6 is 0 Å². The lowest BCUT2D eigenvalue weighted by atomic mass is 10.2. The molecule has 0 spiro atoms. The van der Waals surface area contributed by atoms with Crippen LogP contribution in [0.3, 0.4) is 0 Å². The predicted octanol–water partition coefficient (Wildman–Crippen LogP) is 3.42. The minimum atomic E-state index is -0.196. The molecule has 0 amide bonds. The Kier molecular flexibility index (Phi) is 3.27. The summed E-state index contributed by atoms with van der Waals surface area (Å²) in [7, 11) is 0. The molecule has 0 bridgehead atoms. The highest BCUT2D eigenvalue weighted by Crippen LogP contribution is 2.04. The van der Waals surface area contributed by atoms with Crippen molar-refractivity contribution in [1.29, 1.82) is 0 Å². The fourth-order valence-corrected chi connectivity index (χ4v) is 0.852. The second-order valence-electron chi connectivity index (χ2n) is 2.44. The number of allylic oxidation sites excluding steroid dienone is 3. The lowest BCUT2D eigenvalue weighted by Gasteiger charge is -1.90. The van der Waals surface area contributed by atoms with Crippen molar-refractivity contribution in [3.63, 3.8) is 0 Å². The lowest BCUT2D eigenvalue weighted by molar-refractivity contribution is 0.628. The summed E-state index contributed by atoms with van der Waals surface area (Å²) in [4.78, 5) is 0. The van der Waals surface area contributed by atoms with E-state index in [2.05, 4.69) is 0 Å². The Bertz CT molecular complexity index is 280. The summed E-state index contributed by atoms with van der Waals surface area (Å²) in [6, 6.07) is 6.40. The van der Waals surface area contributed by atoms with Crippen molar-refractivity contribution < 1.29 is 4.39 Å². The molecule has 0 N–H and O–H groups in total. The monoisotopic (exact) mass is 162 g/mol.